The number of benzene rings is 2. The molecule has 3 aromatic heterocycles. The highest BCUT2D eigenvalue weighted by Gasteiger charge is 2.20. The van der Waals surface area contributed by atoms with Crippen molar-refractivity contribution in [3.63, 3.8) is 0 Å². The number of nitrogens with zero attached hydrogens (tertiary/aromatic N) is 3. The minimum atomic E-state index is 0.544. The van der Waals surface area contributed by atoms with Gasteiger partial charge in [-0.25, -0.2) is 15.0 Å². The van der Waals surface area contributed by atoms with Gasteiger partial charge in [-0.05, 0) is 30.2 Å². The summed E-state index contributed by atoms with van der Waals surface area (Å²) < 4.78 is 5.81. The Bertz CT molecular complexity index is 1310. The maximum atomic E-state index is 5.81. The molecule has 5 nitrogen and oxygen atoms in total. The summed E-state index contributed by atoms with van der Waals surface area (Å²) in [6.07, 6.45) is 4.32. The molecule has 0 aliphatic heterocycles. The van der Waals surface area contributed by atoms with Crippen LogP contribution in [0.25, 0.3) is 33.5 Å². The van der Waals surface area contributed by atoms with Gasteiger partial charge in [0.15, 0.2) is 5.65 Å². The van der Waals surface area contributed by atoms with Crippen molar-refractivity contribution < 1.29 is 4.74 Å². The van der Waals surface area contributed by atoms with E-state index in [-0.39, 0.29) is 0 Å². The summed E-state index contributed by atoms with van der Waals surface area (Å²) in [6.45, 7) is 2.50. The Kier molecular flexibility index (Phi) is 5.15. The van der Waals surface area contributed by atoms with Gasteiger partial charge in [-0.15, -0.1) is 0 Å². The monoisotopic (exact) mass is 406 g/mol. The first-order chi connectivity index (χ1) is 15.3. The van der Waals surface area contributed by atoms with Crippen LogP contribution in [0.2, 0.25) is 0 Å². The second kappa shape index (κ2) is 8.40. The lowest BCUT2D eigenvalue weighted by atomic mass is 10.0. The lowest BCUT2D eigenvalue weighted by molar-refractivity contribution is 0.328. The molecule has 0 radical (unpaired) electrons. The predicted molar refractivity (Wildman–Crippen MR) is 123 cm³/mol. The first kappa shape index (κ1) is 19.0. The van der Waals surface area contributed by atoms with Crippen molar-refractivity contribution in [3.8, 4) is 28.3 Å². The molecule has 1 N–H and O–H groups in total. The van der Waals surface area contributed by atoms with E-state index < -0.39 is 0 Å². The van der Waals surface area contributed by atoms with E-state index in [1.807, 2.05) is 61.7 Å². The highest BCUT2D eigenvalue weighted by Crippen LogP contribution is 2.39. The largest absolute Gasteiger partial charge is 0.477 e. The van der Waals surface area contributed by atoms with Crippen LogP contribution in [0.1, 0.15) is 18.2 Å². The third-order valence-corrected chi connectivity index (χ3v) is 5.16. The van der Waals surface area contributed by atoms with Crippen LogP contribution in [0.3, 0.4) is 0 Å². The molecule has 0 amide bonds. The smallest absolute Gasteiger partial charge is 0.222 e. The van der Waals surface area contributed by atoms with Crippen LogP contribution in [-0.4, -0.2) is 26.5 Å². The van der Waals surface area contributed by atoms with Crippen LogP contribution >= 0.6 is 0 Å². The number of aromatic nitrogens is 4. The highest BCUT2D eigenvalue weighted by molar-refractivity contribution is 6.00. The van der Waals surface area contributed by atoms with Crippen molar-refractivity contribution in [1.29, 1.82) is 0 Å². The number of aromatic amines is 1. The summed E-state index contributed by atoms with van der Waals surface area (Å²) in [5.74, 6) is 0.596. The van der Waals surface area contributed by atoms with Crippen molar-refractivity contribution in [2.24, 2.45) is 0 Å². The SMILES string of the molecule is CCOc1ncccc1-c1[nH]c2ncc(Cc3ccccc3)nc2c1-c1ccccc1. The normalized spacial score (nSPS) is 11.0. The lowest BCUT2D eigenvalue weighted by Gasteiger charge is -2.10. The first-order valence-corrected chi connectivity index (χ1v) is 10.4. The summed E-state index contributed by atoms with van der Waals surface area (Å²) in [6, 6.07) is 24.5. The zero-order valence-corrected chi connectivity index (χ0v) is 17.2. The van der Waals surface area contributed by atoms with Crippen LogP contribution in [0, 0.1) is 0 Å². The van der Waals surface area contributed by atoms with E-state index in [2.05, 4.69) is 34.2 Å². The number of ether oxygens (including phenoxy) is 1. The van der Waals surface area contributed by atoms with Gasteiger partial charge in [0, 0.05) is 18.2 Å². The minimum absolute atomic E-state index is 0.544. The Hall–Kier alpha value is -3.99. The third-order valence-electron chi connectivity index (χ3n) is 5.16. The molecule has 0 aliphatic carbocycles. The summed E-state index contributed by atoms with van der Waals surface area (Å²) in [4.78, 5) is 17.6. The molecule has 3 heterocycles. The molecule has 5 aromatic rings. The van der Waals surface area contributed by atoms with E-state index in [9.17, 15) is 0 Å². The summed E-state index contributed by atoms with van der Waals surface area (Å²) in [5, 5.41) is 0. The molecule has 2 aromatic carbocycles. The fourth-order valence-electron chi connectivity index (χ4n) is 3.80. The second-order valence-corrected chi connectivity index (χ2v) is 7.25. The van der Waals surface area contributed by atoms with E-state index >= 15 is 0 Å². The van der Waals surface area contributed by atoms with Gasteiger partial charge in [0.1, 0.15) is 5.52 Å². The number of hydrogen-bond acceptors (Lipinski definition) is 4. The molecule has 5 rings (SSSR count). The van der Waals surface area contributed by atoms with Crippen LogP contribution < -0.4 is 4.74 Å². The molecule has 0 spiro atoms. The Balaban J connectivity index is 1.71. The average Bonchev–Trinajstić information content (AvgIpc) is 3.19. The van der Waals surface area contributed by atoms with Crippen LogP contribution in [-0.2, 0) is 6.42 Å². The van der Waals surface area contributed by atoms with Crippen molar-refractivity contribution in [1.82, 2.24) is 19.9 Å². The molecule has 31 heavy (non-hydrogen) atoms. The van der Waals surface area contributed by atoms with Crippen molar-refractivity contribution in [2.45, 2.75) is 13.3 Å². The van der Waals surface area contributed by atoms with E-state index in [1.165, 1.54) is 5.56 Å². The summed E-state index contributed by atoms with van der Waals surface area (Å²) in [7, 11) is 0. The molecule has 0 saturated carbocycles. The number of fused-ring (bicyclic) bond motifs is 1. The Morgan fingerprint density at radius 3 is 2.42 bits per heavy atom. The van der Waals surface area contributed by atoms with E-state index in [0.29, 0.717) is 12.5 Å². The van der Waals surface area contributed by atoms with Crippen LogP contribution in [0.5, 0.6) is 5.88 Å². The predicted octanol–water partition coefficient (Wildman–Crippen LogP) is 5.68. The van der Waals surface area contributed by atoms with Gasteiger partial charge in [-0.2, -0.15) is 0 Å². The van der Waals surface area contributed by atoms with E-state index in [0.717, 1.165) is 45.7 Å². The Labute approximate surface area is 180 Å². The van der Waals surface area contributed by atoms with Gasteiger partial charge in [-0.3, -0.25) is 0 Å². The molecule has 0 unspecified atom stereocenters. The number of nitrogens with one attached hydrogen (secondary N) is 1. The molecule has 0 aliphatic rings. The molecular formula is C26H22N4O. The fourth-order valence-corrected chi connectivity index (χ4v) is 3.80. The molecule has 5 heteroatoms. The molecule has 0 atom stereocenters. The number of hydrogen-bond donors (Lipinski definition) is 1. The van der Waals surface area contributed by atoms with Gasteiger partial charge in [0.2, 0.25) is 5.88 Å². The van der Waals surface area contributed by atoms with Crippen molar-refractivity contribution in [2.75, 3.05) is 6.61 Å². The van der Waals surface area contributed by atoms with Gasteiger partial charge >= 0.3 is 0 Å². The van der Waals surface area contributed by atoms with E-state index in [4.69, 9.17) is 14.7 Å². The number of rotatable bonds is 6. The second-order valence-electron chi connectivity index (χ2n) is 7.25. The van der Waals surface area contributed by atoms with Crippen molar-refractivity contribution in [3.05, 3.63) is 96.4 Å². The van der Waals surface area contributed by atoms with Gasteiger partial charge < -0.3 is 9.72 Å². The lowest BCUT2D eigenvalue weighted by Crippen LogP contribution is -1.97. The number of H-pyrrole nitrogens is 1. The molecule has 152 valence electrons. The maximum absolute atomic E-state index is 5.81. The first-order valence-electron chi connectivity index (χ1n) is 10.4. The Morgan fingerprint density at radius 1 is 0.871 bits per heavy atom. The number of pyridine rings is 1. The summed E-state index contributed by atoms with van der Waals surface area (Å²) >= 11 is 0. The Morgan fingerprint density at radius 2 is 1.65 bits per heavy atom. The molecule has 0 saturated heterocycles. The van der Waals surface area contributed by atoms with E-state index in [1.54, 1.807) is 6.20 Å². The van der Waals surface area contributed by atoms with Gasteiger partial charge in [0.25, 0.3) is 0 Å². The van der Waals surface area contributed by atoms with Crippen LogP contribution in [0.4, 0.5) is 0 Å². The van der Waals surface area contributed by atoms with Gasteiger partial charge in [0.05, 0.1) is 29.8 Å². The average molecular weight is 406 g/mol. The van der Waals surface area contributed by atoms with Crippen LogP contribution in [0.15, 0.2) is 85.2 Å². The quantitative estimate of drug-likeness (QED) is 0.394. The highest BCUT2D eigenvalue weighted by atomic mass is 16.5. The summed E-state index contributed by atoms with van der Waals surface area (Å²) in [5.41, 5.74) is 7.62. The fraction of sp³-hybridized carbons (Fsp3) is 0.115. The third kappa shape index (κ3) is 3.78. The van der Waals surface area contributed by atoms with Gasteiger partial charge in [-0.1, -0.05) is 60.7 Å². The minimum Gasteiger partial charge on any atom is -0.477 e. The molecule has 0 bridgehead atoms. The topological polar surface area (TPSA) is 63.7 Å². The zero-order chi connectivity index (χ0) is 21.0. The standard InChI is InChI=1S/C26H22N4O/c1-2-31-26-21(14-9-15-27-26)23-22(19-12-7-4-8-13-19)24-25(30-23)28-17-20(29-24)16-18-10-5-3-6-11-18/h3-15,17H,2,16H2,1H3,(H,28,30). The molecular weight excluding hydrogens is 384 g/mol. The zero-order valence-electron chi connectivity index (χ0n) is 17.2. The van der Waals surface area contributed by atoms with Crippen molar-refractivity contribution >= 4 is 11.2 Å². The molecule has 0 fully saturated rings. The maximum Gasteiger partial charge on any atom is 0.222 e.